The number of rotatable bonds is 3. The Bertz CT molecular complexity index is 620. The molecule has 5 heteroatoms. The maximum Gasteiger partial charge on any atom is 0.128 e. The minimum absolute atomic E-state index is 0.408. The summed E-state index contributed by atoms with van der Waals surface area (Å²) < 4.78 is 5.82. The fourth-order valence-corrected chi connectivity index (χ4v) is 5.51. The summed E-state index contributed by atoms with van der Waals surface area (Å²) >= 11 is 3.72. The van der Waals surface area contributed by atoms with Crippen LogP contribution in [0.1, 0.15) is 36.1 Å². The van der Waals surface area contributed by atoms with Gasteiger partial charge in [-0.1, -0.05) is 0 Å². The first-order valence-corrected chi connectivity index (χ1v) is 9.21. The molecule has 2 aromatic rings. The first-order valence-electron chi connectivity index (χ1n) is 7.41. The highest BCUT2D eigenvalue weighted by Crippen LogP contribution is 2.40. The molecule has 2 aliphatic rings. The minimum atomic E-state index is 0.408. The van der Waals surface area contributed by atoms with Crippen molar-refractivity contribution in [3.63, 3.8) is 0 Å². The molecule has 0 unspecified atom stereocenters. The standard InChI is InChI=1S/C15H18N2OS2/c1-2-7-18-10(4-1)8-19-14-13-11-5-3-6-12(11)20-15(13)17-9-16-14/h9-10H,1-8H2/t10-/m1/s1. The van der Waals surface area contributed by atoms with Crippen LogP contribution in [-0.2, 0) is 17.6 Å². The molecule has 0 spiro atoms. The highest BCUT2D eigenvalue weighted by atomic mass is 32.2. The zero-order valence-electron chi connectivity index (χ0n) is 11.4. The summed E-state index contributed by atoms with van der Waals surface area (Å²) in [6.45, 7) is 0.929. The molecule has 1 aliphatic carbocycles. The van der Waals surface area contributed by atoms with Gasteiger partial charge in [-0.2, -0.15) is 0 Å². The number of aryl methyl sites for hydroxylation is 2. The van der Waals surface area contributed by atoms with E-state index in [1.54, 1.807) is 6.33 Å². The fraction of sp³-hybridized carbons (Fsp3) is 0.600. The van der Waals surface area contributed by atoms with E-state index in [0.29, 0.717) is 6.10 Å². The van der Waals surface area contributed by atoms with E-state index in [0.717, 1.165) is 12.4 Å². The molecule has 0 saturated carbocycles. The molecule has 0 radical (unpaired) electrons. The van der Waals surface area contributed by atoms with Crippen molar-refractivity contribution in [2.24, 2.45) is 0 Å². The van der Waals surface area contributed by atoms with Crippen LogP contribution in [0.4, 0.5) is 0 Å². The number of nitrogens with zero attached hydrogens (tertiary/aromatic N) is 2. The number of thiophene rings is 1. The highest BCUT2D eigenvalue weighted by Gasteiger charge is 2.22. The average molecular weight is 306 g/mol. The van der Waals surface area contributed by atoms with Crippen LogP contribution in [-0.4, -0.2) is 28.4 Å². The van der Waals surface area contributed by atoms with E-state index in [-0.39, 0.29) is 0 Å². The van der Waals surface area contributed by atoms with Crippen molar-refractivity contribution in [2.75, 3.05) is 12.4 Å². The normalized spacial score (nSPS) is 22.3. The molecule has 1 aliphatic heterocycles. The van der Waals surface area contributed by atoms with Gasteiger partial charge in [-0.05, 0) is 44.1 Å². The van der Waals surface area contributed by atoms with Crippen LogP contribution in [0.15, 0.2) is 11.4 Å². The van der Waals surface area contributed by atoms with E-state index >= 15 is 0 Å². The molecule has 1 saturated heterocycles. The van der Waals surface area contributed by atoms with Gasteiger partial charge in [0.25, 0.3) is 0 Å². The summed E-state index contributed by atoms with van der Waals surface area (Å²) in [6, 6.07) is 0. The Hall–Kier alpha value is -0.650. The van der Waals surface area contributed by atoms with Gasteiger partial charge in [0, 0.05) is 22.6 Å². The molecule has 0 amide bonds. The smallest absolute Gasteiger partial charge is 0.128 e. The van der Waals surface area contributed by atoms with E-state index in [2.05, 4.69) is 9.97 Å². The predicted octanol–water partition coefficient (Wildman–Crippen LogP) is 3.84. The second-order valence-corrected chi connectivity index (χ2v) is 7.61. The molecule has 0 bridgehead atoms. The highest BCUT2D eigenvalue weighted by molar-refractivity contribution is 7.99. The van der Waals surface area contributed by atoms with Gasteiger partial charge < -0.3 is 4.74 Å². The Morgan fingerprint density at radius 2 is 2.25 bits per heavy atom. The lowest BCUT2D eigenvalue weighted by atomic mass is 10.1. The van der Waals surface area contributed by atoms with Crippen molar-refractivity contribution in [2.45, 2.75) is 49.7 Å². The second-order valence-electron chi connectivity index (χ2n) is 5.52. The predicted molar refractivity (Wildman–Crippen MR) is 83.8 cm³/mol. The molecule has 4 rings (SSSR count). The van der Waals surface area contributed by atoms with Gasteiger partial charge >= 0.3 is 0 Å². The molecule has 20 heavy (non-hydrogen) atoms. The molecule has 3 heterocycles. The SMILES string of the molecule is c1nc(SC[C@H]2CCCCO2)c2c3c(sc2n1)CCC3. The molecule has 1 atom stereocenters. The Morgan fingerprint density at radius 1 is 1.25 bits per heavy atom. The number of fused-ring (bicyclic) bond motifs is 3. The zero-order valence-corrected chi connectivity index (χ0v) is 13.1. The Labute approximate surface area is 127 Å². The van der Waals surface area contributed by atoms with E-state index in [1.807, 2.05) is 23.1 Å². The third kappa shape index (κ3) is 2.36. The zero-order chi connectivity index (χ0) is 13.4. The monoisotopic (exact) mass is 306 g/mol. The summed E-state index contributed by atoms with van der Waals surface area (Å²) in [4.78, 5) is 11.7. The first-order chi connectivity index (χ1) is 9.92. The van der Waals surface area contributed by atoms with Gasteiger partial charge in [-0.25, -0.2) is 9.97 Å². The molecular weight excluding hydrogens is 288 g/mol. The van der Waals surface area contributed by atoms with Crippen LogP contribution in [0.2, 0.25) is 0 Å². The quantitative estimate of drug-likeness (QED) is 0.637. The second kappa shape index (κ2) is 5.62. The molecule has 3 nitrogen and oxygen atoms in total. The maximum atomic E-state index is 5.82. The maximum absolute atomic E-state index is 5.82. The Balaban J connectivity index is 1.59. The third-order valence-corrected chi connectivity index (χ3v) is 6.47. The van der Waals surface area contributed by atoms with E-state index < -0.39 is 0 Å². The topological polar surface area (TPSA) is 35.0 Å². The van der Waals surface area contributed by atoms with Gasteiger partial charge in [-0.15, -0.1) is 23.1 Å². The molecular formula is C15H18N2OS2. The fourth-order valence-electron chi connectivity index (χ4n) is 3.12. The van der Waals surface area contributed by atoms with Crippen molar-refractivity contribution in [1.29, 1.82) is 0 Å². The molecule has 0 aromatic carbocycles. The number of hydrogen-bond donors (Lipinski definition) is 0. The third-order valence-electron chi connectivity index (χ3n) is 4.15. The average Bonchev–Trinajstić information content (AvgIpc) is 3.06. The minimum Gasteiger partial charge on any atom is -0.377 e. The largest absolute Gasteiger partial charge is 0.377 e. The molecule has 1 fully saturated rings. The summed E-state index contributed by atoms with van der Waals surface area (Å²) in [6.07, 6.45) is 9.57. The van der Waals surface area contributed by atoms with Gasteiger partial charge in [0.2, 0.25) is 0 Å². The lowest BCUT2D eigenvalue weighted by Gasteiger charge is -2.21. The van der Waals surface area contributed by atoms with Gasteiger partial charge in [0.15, 0.2) is 0 Å². The van der Waals surface area contributed by atoms with Gasteiger partial charge in [0.1, 0.15) is 16.2 Å². The lowest BCUT2D eigenvalue weighted by molar-refractivity contribution is 0.0315. The Kier molecular flexibility index (Phi) is 3.67. The number of ether oxygens (including phenoxy) is 1. The number of aromatic nitrogens is 2. The number of thioether (sulfide) groups is 1. The molecule has 2 aromatic heterocycles. The summed E-state index contributed by atoms with van der Waals surface area (Å²) in [5.41, 5.74) is 1.53. The van der Waals surface area contributed by atoms with Crippen LogP contribution in [0.5, 0.6) is 0 Å². The molecule has 106 valence electrons. The van der Waals surface area contributed by atoms with Crippen LogP contribution in [0.25, 0.3) is 10.2 Å². The van der Waals surface area contributed by atoms with Crippen molar-refractivity contribution >= 4 is 33.3 Å². The van der Waals surface area contributed by atoms with Crippen molar-refractivity contribution < 1.29 is 4.74 Å². The van der Waals surface area contributed by atoms with E-state index in [9.17, 15) is 0 Å². The lowest BCUT2D eigenvalue weighted by Crippen LogP contribution is -2.21. The van der Waals surface area contributed by atoms with Crippen LogP contribution < -0.4 is 0 Å². The van der Waals surface area contributed by atoms with Crippen LogP contribution in [0, 0.1) is 0 Å². The van der Waals surface area contributed by atoms with Crippen LogP contribution in [0.3, 0.4) is 0 Å². The van der Waals surface area contributed by atoms with E-state index in [1.165, 1.54) is 64.2 Å². The Morgan fingerprint density at radius 3 is 3.15 bits per heavy atom. The van der Waals surface area contributed by atoms with Crippen molar-refractivity contribution in [3.05, 3.63) is 16.8 Å². The summed E-state index contributed by atoms with van der Waals surface area (Å²) in [7, 11) is 0. The van der Waals surface area contributed by atoms with Crippen molar-refractivity contribution in [3.8, 4) is 0 Å². The number of hydrogen-bond acceptors (Lipinski definition) is 5. The van der Waals surface area contributed by atoms with Gasteiger partial charge in [-0.3, -0.25) is 0 Å². The first kappa shape index (κ1) is 13.0. The summed E-state index contributed by atoms with van der Waals surface area (Å²) in [5, 5.41) is 2.51. The molecule has 0 N–H and O–H groups in total. The van der Waals surface area contributed by atoms with Crippen molar-refractivity contribution in [1.82, 2.24) is 9.97 Å². The van der Waals surface area contributed by atoms with E-state index in [4.69, 9.17) is 4.74 Å². The van der Waals surface area contributed by atoms with Crippen LogP contribution >= 0.6 is 23.1 Å². The van der Waals surface area contributed by atoms with Gasteiger partial charge in [0.05, 0.1) is 6.10 Å². The summed E-state index contributed by atoms with van der Waals surface area (Å²) in [5.74, 6) is 1.02.